The topological polar surface area (TPSA) is 154 Å². The summed E-state index contributed by atoms with van der Waals surface area (Å²) in [5.74, 6) is -5.01. The standard InChI is InChI=1S/C21H27N3O7.C4H10/c1-10-7-5-6-8-11(10)22-18(29)23-12-9-21(17(27)28,15-13(12)14(15)16(25)26)24-19(30)31-20(2,3)4;1-3-4-2/h5-8,12-15H,9H2,1-4H3,(H,24,30)(H,25,26)(H,27,28)(H2,22,23,29);3-4H2,1-2H3. The lowest BCUT2D eigenvalue weighted by Gasteiger charge is -2.31. The van der Waals surface area contributed by atoms with Gasteiger partial charge in [0, 0.05) is 24.1 Å². The van der Waals surface area contributed by atoms with Gasteiger partial charge in [0.2, 0.25) is 0 Å². The monoisotopic (exact) mass is 491 g/mol. The van der Waals surface area contributed by atoms with Crippen molar-refractivity contribution in [3.63, 3.8) is 0 Å². The number of benzene rings is 1. The fourth-order valence-corrected chi connectivity index (χ4v) is 4.50. The number of para-hydroxylation sites is 1. The van der Waals surface area contributed by atoms with Crippen LogP contribution in [0.15, 0.2) is 24.3 Å². The summed E-state index contributed by atoms with van der Waals surface area (Å²) in [6, 6.07) is 5.80. The molecule has 3 amide bonds. The summed E-state index contributed by atoms with van der Waals surface area (Å²) < 4.78 is 5.19. The summed E-state index contributed by atoms with van der Waals surface area (Å²) >= 11 is 0. The number of aliphatic carboxylic acids is 2. The molecule has 2 saturated carbocycles. The normalized spacial score (nSPS) is 26.3. The number of urea groups is 1. The van der Waals surface area contributed by atoms with Crippen LogP contribution in [0.4, 0.5) is 15.3 Å². The Kier molecular flexibility index (Phi) is 8.75. The number of carbonyl (C=O) groups excluding carboxylic acids is 2. The largest absolute Gasteiger partial charge is 0.481 e. The molecule has 10 nitrogen and oxygen atoms in total. The first kappa shape index (κ1) is 27.9. The molecule has 2 fully saturated rings. The number of carboxylic acids is 2. The molecule has 5 unspecified atom stereocenters. The van der Waals surface area contributed by atoms with Gasteiger partial charge in [-0.05, 0) is 45.2 Å². The number of unbranched alkanes of at least 4 members (excludes halogenated alkanes) is 1. The molecule has 1 aromatic carbocycles. The average molecular weight is 492 g/mol. The van der Waals surface area contributed by atoms with Crippen molar-refractivity contribution in [1.82, 2.24) is 10.6 Å². The molecule has 0 saturated heterocycles. The lowest BCUT2D eigenvalue weighted by Crippen LogP contribution is -2.58. The van der Waals surface area contributed by atoms with Crippen molar-refractivity contribution < 1.29 is 34.1 Å². The van der Waals surface area contributed by atoms with Crippen LogP contribution < -0.4 is 16.0 Å². The van der Waals surface area contributed by atoms with Crippen LogP contribution in [-0.2, 0) is 14.3 Å². The fourth-order valence-electron chi connectivity index (χ4n) is 4.50. The second-order valence-electron chi connectivity index (χ2n) is 10.1. The van der Waals surface area contributed by atoms with Crippen LogP contribution >= 0.6 is 0 Å². The maximum atomic E-state index is 12.5. The number of aryl methyl sites for hydroxylation is 1. The average Bonchev–Trinajstić information content (AvgIpc) is 3.42. The molecule has 194 valence electrons. The molecule has 0 aromatic heterocycles. The van der Waals surface area contributed by atoms with Gasteiger partial charge in [-0.2, -0.15) is 0 Å². The first-order valence-corrected chi connectivity index (χ1v) is 11.9. The maximum Gasteiger partial charge on any atom is 0.408 e. The van der Waals surface area contributed by atoms with Gasteiger partial charge >= 0.3 is 24.1 Å². The summed E-state index contributed by atoms with van der Waals surface area (Å²) in [6.07, 6.45) is 1.54. The van der Waals surface area contributed by atoms with E-state index >= 15 is 0 Å². The maximum absolute atomic E-state index is 12.5. The molecule has 35 heavy (non-hydrogen) atoms. The van der Waals surface area contributed by atoms with E-state index in [1.807, 2.05) is 19.1 Å². The van der Waals surface area contributed by atoms with E-state index < -0.39 is 59.0 Å². The molecule has 0 spiro atoms. The molecule has 0 radical (unpaired) electrons. The number of ether oxygens (including phenoxy) is 1. The number of anilines is 1. The Balaban J connectivity index is 0.00000100. The van der Waals surface area contributed by atoms with Gasteiger partial charge in [0.05, 0.1) is 5.92 Å². The van der Waals surface area contributed by atoms with Gasteiger partial charge in [-0.25, -0.2) is 14.4 Å². The van der Waals surface area contributed by atoms with Gasteiger partial charge < -0.3 is 30.9 Å². The first-order chi connectivity index (χ1) is 16.3. The van der Waals surface area contributed by atoms with Crippen LogP contribution in [0, 0.1) is 24.7 Å². The Morgan fingerprint density at radius 1 is 1.09 bits per heavy atom. The van der Waals surface area contributed by atoms with Gasteiger partial charge in [0.25, 0.3) is 0 Å². The zero-order valence-corrected chi connectivity index (χ0v) is 21.2. The van der Waals surface area contributed by atoms with Crippen LogP contribution in [0.1, 0.15) is 59.4 Å². The van der Waals surface area contributed by atoms with Crippen LogP contribution in [0.3, 0.4) is 0 Å². The summed E-state index contributed by atoms with van der Waals surface area (Å²) in [6.45, 7) is 11.1. The third-order valence-corrected chi connectivity index (χ3v) is 6.25. The molecule has 0 aliphatic heterocycles. The number of rotatable bonds is 6. The van der Waals surface area contributed by atoms with Crippen LogP contribution in [0.2, 0.25) is 0 Å². The smallest absolute Gasteiger partial charge is 0.408 e. The van der Waals surface area contributed by atoms with Gasteiger partial charge in [0.15, 0.2) is 0 Å². The molecule has 0 bridgehead atoms. The summed E-state index contributed by atoms with van der Waals surface area (Å²) in [5.41, 5.74) is -1.29. The molecule has 5 atom stereocenters. The molecule has 0 heterocycles. The van der Waals surface area contributed by atoms with E-state index in [-0.39, 0.29) is 6.42 Å². The SMILES string of the molecule is CCCC.Cc1ccccc1NC(=O)NC1CC(NC(=O)OC(C)(C)C)(C(=O)O)C2C(C(=O)O)C12. The molecule has 2 aliphatic carbocycles. The van der Waals surface area contributed by atoms with Crippen molar-refractivity contribution in [2.75, 3.05) is 5.32 Å². The summed E-state index contributed by atoms with van der Waals surface area (Å²) in [4.78, 5) is 48.8. The first-order valence-electron chi connectivity index (χ1n) is 11.9. The van der Waals surface area contributed by atoms with Crippen LogP contribution in [0.25, 0.3) is 0 Å². The van der Waals surface area contributed by atoms with Gasteiger partial charge in [0.1, 0.15) is 11.1 Å². The summed E-state index contributed by atoms with van der Waals surface area (Å²) in [7, 11) is 0. The molecule has 1 aromatic rings. The van der Waals surface area contributed by atoms with Gasteiger partial charge in [-0.1, -0.05) is 44.9 Å². The van der Waals surface area contributed by atoms with E-state index in [2.05, 4.69) is 29.8 Å². The second kappa shape index (κ2) is 11.0. The molecule has 5 N–H and O–H groups in total. The Morgan fingerprint density at radius 3 is 2.17 bits per heavy atom. The minimum atomic E-state index is -1.85. The van der Waals surface area contributed by atoms with Crippen LogP contribution in [-0.4, -0.2) is 51.5 Å². The highest BCUT2D eigenvalue weighted by atomic mass is 16.6. The number of hydrogen-bond donors (Lipinski definition) is 5. The minimum Gasteiger partial charge on any atom is -0.481 e. The minimum absolute atomic E-state index is 0.151. The second-order valence-corrected chi connectivity index (χ2v) is 10.1. The van der Waals surface area contributed by atoms with Crippen molar-refractivity contribution in [2.24, 2.45) is 17.8 Å². The number of amides is 3. The highest BCUT2D eigenvalue weighted by molar-refractivity contribution is 5.92. The predicted octanol–water partition coefficient (Wildman–Crippen LogP) is 3.99. The number of carboxylic acid groups (broad SMARTS) is 2. The third-order valence-electron chi connectivity index (χ3n) is 6.25. The number of alkyl carbamates (subject to hydrolysis) is 1. The zero-order chi connectivity index (χ0) is 26.6. The highest BCUT2D eigenvalue weighted by Crippen LogP contribution is 2.62. The van der Waals surface area contributed by atoms with Crippen molar-refractivity contribution in [3.05, 3.63) is 29.8 Å². The van der Waals surface area contributed by atoms with E-state index in [9.17, 15) is 29.4 Å². The van der Waals surface area contributed by atoms with Crippen molar-refractivity contribution in [2.45, 2.75) is 78.0 Å². The van der Waals surface area contributed by atoms with E-state index in [0.717, 1.165) is 5.56 Å². The highest BCUT2D eigenvalue weighted by Gasteiger charge is 2.76. The van der Waals surface area contributed by atoms with Gasteiger partial charge in [-0.3, -0.25) is 4.79 Å². The Morgan fingerprint density at radius 2 is 1.69 bits per heavy atom. The lowest BCUT2D eigenvalue weighted by atomic mass is 9.89. The van der Waals surface area contributed by atoms with E-state index in [1.54, 1.807) is 32.9 Å². The number of fused-ring (bicyclic) bond motifs is 1. The Hall–Kier alpha value is -3.30. The van der Waals surface area contributed by atoms with Gasteiger partial charge in [-0.15, -0.1) is 0 Å². The van der Waals surface area contributed by atoms with Crippen molar-refractivity contribution in [1.29, 1.82) is 0 Å². The van der Waals surface area contributed by atoms with E-state index in [4.69, 9.17) is 4.74 Å². The number of carbonyl (C=O) groups is 4. The zero-order valence-electron chi connectivity index (χ0n) is 21.2. The van der Waals surface area contributed by atoms with E-state index in [0.29, 0.717) is 5.69 Å². The predicted molar refractivity (Wildman–Crippen MR) is 130 cm³/mol. The third kappa shape index (κ3) is 6.64. The molecule has 10 heteroatoms. The number of nitrogens with one attached hydrogen (secondary N) is 3. The lowest BCUT2D eigenvalue weighted by molar-refractivity contribution is -0.147. The fraction of sp³-hybridized carbons (Fsp3) is 0.600. The van der Waals surface area contributed by atoms with Crippen molar-refractivity contribution in [3.8, 4) is 0 Å². The quantitative estimate of drug-likeness (QED) is 0.403. The van der Waals surface area contributed by atoms with Crippen molar-refractivity contribution >= 4 is 29.8 Å². The Bertz CT molecular complexity index is 957. The Labute approximate surface area is 205 Å². The molecular weight excluding hydrogens is 454 g/mol. The van der Waals surface area contributed by atoms with E-state index in [1.165, 1.54) is 12.8 Å². The number of hydrogen-bond acceptors (Lipinski definition) is 5. The molecule has 3 rings (SSSR count). The molecular formula is C25H37N3O7. The molecule has 2 aliphatic rings. The van der Waals surface area contributed by atoms with Crippen LogP contribution in [0.5, 0.6) is 0 Å². The summed E-state index contributed by atoms with van der Waals surface area (Å²) in [5, 5.41) is 27.3.